The lowest BCUT2D eigenvalue weighted by Crippen LogP contribution is -2.23. The van der Waals surface area contributed by atoms with E-state index in [9.17, 15) is 0 Å². The van der Waals surface area contributed by atoms with E-state index in [2.05, 4.69) is 35.4 Å². The third-order valence-electron chi connectivity index (χ3n) is 2.99. The summed E-state index contributed by atoms with van der Waals surface area (Å²) in [7, 11) is 0. The van der Waals surface area contributed by atoms with E-state index in [0.717, 1.165) is 45.6 Å². The molecule has 0 aliphatic heterocycles. The summed E-state index contributed by atoms with van der Waals surface area (Å²) in [6.45, 7) is 7.34. The molecule has 2 aromatic rings. The lowest BCUT2D eigenvalue weighted by Gasteiger charge is -2.05. The van der Waals surface area contributed by atoms with Crippen LogP contribution in [-0.2, 0) is 6.42 Å². The topological polar surface area (TPSA) is 37.8 Å². The van der Waals surface area contributed by atoms with Crippen LogP contribution in [0.25, 0.3) is 10.6 Å². The highest BCUT2D eigenvalue weighted by molar-refractivity contribution is 7.14. The molecule has 0 aliphatic rings. The van der Waals surface area contributed by atoms with Crippen LogP contribution in [0, 0.1) is 6.92 Å². The van der Waals surface area contributed by atoms with Crippen LogP contribution in [0.5, 0.6) is 0 Å². The minimum Gasteiger partial charge on any atom is -0.315 e. The molecule has 0 spiro atoms. The summed E-state index contributed by atoms with van der Waals surface area (Å²) in [5.41, 5.74) is 2.16. The van der Waals surface area contributed by atoms with Crippen molar-refractivity contribution in [3.8, 4) is 10.6 Å². The molecule has 0 saturated heterocycles. The first-order chi connectivity index (χ1) is 9.56. The molecule has 1 heterocycles. The second kappa shape index (κ2) is 7.16. The van der Waals surface area contributed by atoms with Gasteiger partial charge in [-0.05, 0) is 37.6 Å². The molecule has 108 valence electrons. The summed E-state index contributed by atoms with van der Waals surface area (Å²) >= 11 is 7.71. The maximum Gasteiger partial charge on any atom is 0.147 e. The van der Waals surface area contributed by atoms with E-state index in [1.54, 1.807) is 11.3 Å². The molecule has 0 unspecified atom stereocenters. The predicted molar refractivity (Wildman–Crippen MR) is 86.6 cm³/mol. The Balaban J connectivity index is 1.96. The molecule has 0 atom stereocenters. The average molecular weight is 310 g/mol. The minimum absolute atomic E-state index is 0.539. The van der Waals surface area contributed by atoms with Gasteiger partial charge < -0.3 is 5.32 Å². The van der Waals surface area contributed by atoms with Gasteiger partial charge in [0.05, 0.1) is 0 Å². The number of halogens is 1. The Hall–Kier alpha value is -0.970. The molecule has 20 heavy (non-hydrogen) atoms. The van der Waals surface area contributed by atoms with Gasteiger partial charge in [-0.3, -0.25) is 0 Å². The Morgan fingerprint density at radius 1 is 1.30 bits per heavy atom. The molecular formula is C15H20ClN3S. The SMILES string of the molecule is Cc1cc(-c2nnc(CCCNC(C)C)s2)ccc1Cl. The summed E-state index contributed by atoms with van der Waals surface area (Å²) in [6, 6.07) is 6.52. The molecular weight excluding hydrogens is 290 g/mol. The molecule has 0 amide bonds. The van der Waals surface area contributed by atoms with Gasteiger partial charge in [0.2, 0.25) is 0 Å². The lowest BCUT2D eigenvalue weighted by atomic mass is 10.1. The number of nitrogens with one attached hydrogen (secondary N) is 1. The van der Waals surface area contributed by atoms with Crippen molar-refractivity contribution in [3.05, 3.63) is 33.8 Å². The van der Waals surface area contributed by atoms with Crippen LogP contribution in [0.4, 0.5) is 0 Å². The number of aryl methyl sites for hydroxylation is 2. The number of nitrogens with zero attached hydrogens (tertiary/aromatic N) is 2. The Kier molecular flexibility index (Phi) is 5.52. The van der Waals surface area contributed by atoms with Crippen LogP contribution < -0.4 is 5.32 Å². The predicted octanol–water partition coefficient (Wildman–Crippen LogP) is 4.10. The molecule has 0 fully saturated rings. The summed E-state index contributed by atoms with van der Waals surface area (Å²) in [5, 5.41) is 14.8. The first kappa shape index (κ1) is 15.4. The normalized spacial score (nSPS) is 11.2. The number of hydrogen-bond donors (Lipinski definition) is 1. The van der Waals surface area contributed by atoms with Crippen LogP contribution in [0.15, 0.2) is 18.2 Å². The van der Waals surface area contributed by atoms with E-state index < -0.39 is 0 Å². The monoisotopic (exact) mass is 309 g/mol. The van der Waals surface area contributed by atoms with Gasteiger partial charge in [-0.1, -0.05) is 42.9 Å². The van der Waals surface area contributed by atoms with Crippen LogP contribution in [0.3, 0.4) is 0 Å². The largest absolute Gasteiger partial charge is 0.315 e. The number of aromatic nitrogens is 2. The van der Waals surface area contributed by atoms with Crippen molar-refractivity contribution in [1.82, 2.24) is 15.5 Å². The fraction of sp³-hybridized carbons (Fsp3) is 0.467. The Labute approximate surface area is 129 Å². The number of rotatable bonds is 6. The van der Waals surface area contributed by atoms with Crippen molar-refractivity contribution >= 4 is 22.9 Å². The fourth-order valence-electron chi connectivity index (χ4n) is 1.88. The van der Waals surface area contributed by atoms with E-state index in [-0.39, 0.29) is 0 Å². The third-order valence-corrected chi connectivity index (χ3v) is 4.45. The van der Waals surface area contributed by atoms with Crippen molar-refractivity contribution in [1.29, 1.82) is 0 Å². The van der Waals surface area contributed by atoms with Gasteiger partial charge in [-0.15, -0.1) is 10.2 Å². The standard InChI is InChI=1S/C15H20ClN3S/c1-10(2)17-8-4-5-14-18-19-15(20-14)12-6-7-13(16)11(3)9-12/h6-7,9-10,17H,4-5,8H2,1-3H3. The smallest absolute Gasteiger partial charge is 0.147 e. The van der Waals surface area contributed by atoms with Gasteiger partial charge in [0.25, 0.3) is 0 Å². The first-order valence-corrected chi connectivity index (χ1v) is 8.08. The summed E-state index contributed by atoms with van der Waals surface area (Å²) in [6.07, 6.45) is 2.07. The van der Waals surface area contributed by atoms with Crippen molar-refractivity contribution in [2.24, 2.45) is 0 Å². The van der Waals surface area contributed by atoms with Gasteiger partial charge in [0.15, 0.2) is 0 Å². The first-order valence-electron chi connectivity index (χ1n) is 6.88. The molecule has 1 aromatic heterocycles. The molecule has 0 radical (unpaired) electrons. The zero-order chi connectivity index (χ0) is 14.5. The van der Waals surface area contributed by atoms with Crippen molar-refractivity contribution < 1.29 is 0 Å². The van der Waals surface area contributed by atoms with Gasteiger partial charge in [0.1, 0.15) is 10.0 Å². The van der Waals surface area contributed by atoms with Crippen LogP contribution in [0.2, 0.25) is 5.02 Å². The molecule has 0 saturated carbocycles. The minimum atomic E-state index is 0.539. The highest BCUT2D eigenvalue weighted by Gasteiger charge is 2.08. The van der Waals surface area contributed by atoms with Gasteiger partial charge >= 0.3 is 0 Å². The maximum atomic E-state index is 6.04. The Morgan fingerprint density at radius 2 is 2.10 bits per heavy atom. The molecule has 0 aliphatic carbocycles. The van der Waals surface area contributed by atoms with E-state index in [1.165, 1.54) is 0 Å². The van der Waals surface area contributed by atoms with E-state index in [4.69, 9.17) is 11.6 Å². The van der Waals surface area contributed by atoms with Crippen molar-refractivity contribution in [3.63, 3.8) is 0 Å². The Morgan fingerprint density at radius 3 is 2.80 bits per heavy atom. The second-order valence-corrected chi connectivity index (χ2v) is 6.65. The fourth-order valence-corrected chi connectivity index (χ4v) is 2.87. The Bertz CT molecular complexity index is 566. The zero-order valence-corrected chi connectivity index (χ0v) is 13.7. The molecule has 3 nitrogen and oxygen atoms in total. The summed E-state index contributed by atoms with van der Waals surface area (Å²) < 4.78 is 0. The molecule has 5 heteroatoms. The molecule has 1 aromatic carbocycles. The highest BCUT2D eigenvalue weighted by Crippen LogP contribution is 2.27. The van der Waals surface area contributed by atoms with E-state index in [0.29, 0.717) is 6.04 Å². The van der Waals surface area contributed by atoms with Gasteiger partial charge in [-0.25, -0.2) is 0 Å². The van der Waals surface area contributed by atoms with E-state index >= 15 is 0 Å². The molecule has 2 rings (SSSR count). The number of hydrogen-bond acceptors (Lipinski definition) is 4. The van der Waals surface area contributed by atoms with Crippen LogP contribution in [0.1, 0.15) is 30.8 Å². The lowest BCUT2D eigenvalue weighted by molar-refractivity contribution is 0.569. The second-order valence-electron chi connectivity index (χ2n) is 5.18. The van der Waals surface area contributed by atoms with Crippen molar-refractivity contribution in [2.45, 2.75) is 39.7 Å². The average Bonchev–Trinajstić information content (AvgIpc) is 2.86. The van der Waals surface area contributed by atoms with E-state index in [1.807, 2.05) is 19.1 Å². The van der Waals surface area contributed by atoms with Crippen LogP contribution in [-0.4, -0.2) is 22.8 Å². The summed E-state index contributed by atoms with van der Waals surface area (Å²) in [4.78, 5) is 0. The van der Waals surface area contributed by atoms with Crippen LogP contribution >= 0.6 is 22.9 Å². The number of benzene rings is 1. The zero-order valence-electron chi connectivity index (χ0n) is 12.1. The molecule has 1 N–H and O–H groups in total. The van der Waals surface area contributed by atoms with Gasteiger partial charge in [0, 0.05) is 23.0 Å². The van der Waals surface area contributed by atoms with Gasteiger partial charge in [-0.2, -0.15) is 0 Å². The highest BCUT2D eigenvalue weighted by atomic mass is 35.5. The third kappa shape index (κ3) is 4.27. The maximum absolute atomic E-state index is 6.04. The summed E-state index contributed by atoms with van der Waals surface area (Å²) in [5.74, 6) is 0. The quantitative estimate of drug-likeness (QED) is 0.816. The molecule has 0 bridgehead atoms. The van der Waals surface area contributed by atoms with Crippen molar-refractivity contribution in [2.75, 3.05) is 6.54 Å².